The zero-order valence-electron chi connectivity index (χ0n) is 9.07. The van der Waals surface area contributed by atoms with Gasteiger partial charge >= 0.3 is 0 Å². The molecule has 6 heteroatoms. The van der Waals surface area contributed by atoms with Crippen LogP contribution >= 0.6 is 23.2 Å². The number of halogens is 2. The van der Waals surface area contributed by atoms with Crippen LogP contribution < -0.4 is 0 Å². The molecule has 0 fully saturated rings. The molecule has 0 aliphatic rings. The molecule has 0 radical (unpaired) electrons. The molecule has 16 heavy (non-hydrogen) atoms. The molecule has 0 saturated heterocycles. The average Bonchev–Trinajstić information content (AvgIpc) is 2.28. The number of benzene rings is 1. The highest BCUT2D eigenvalue weighted by Gasteiger charge is 2.19. The Hall–Kier alpha value is -0.290. The van der Waals surface area contributed by atoms with Gasteiger partial charge < -0.3 is 0 Å². The molecule has 0 N–H and O–H groups in total. The largest absolute Gasteiger partial charge is 0.242 e. The first kappa shape index (κ1) is 13.8. The maximum absolute atomic E-state index is 12.0. The molecule has 1 rings (SSSR count). The molecule has 0 aliphatic carbocycles. The quantitative estimate of drug-likeness (QED) is 0.796. The van der Waals surface area contributed by atoms with Crippen molar-refractivity contribution >= 4 is 33.2 Å². The molecule has 0 spiro atoms. The standard InChI is InChI=1S/C10H13Cl2NO2S/c1-3-13(2)16(14,15)9-4-5-10(12)8(6-9)7-11/h4-6H,3,7H2,1-2H3. The van der Waals surface area contributed by atoms with Crippen molar-refractivity contribution in [2.45, 2.75) is 17.7 Å². The van der Waals surface area contributed by atoms with Crippen LogP contribution in [0.3, 0.4) is 0 Å². The Labute approximate surface area is 106 Å². The first-order valence-corrected chi connectivity index (χ1v) is 7.09. The van der Waals surface area contributed by atoms with E-state index in [4.69, 9.17) is 23.2 Å². The summed E-state index contributed by atoms with van der Waals surface area (Å²) in [4.78, 5) is 0.219. The normalized spacial score (nSPS) is 12.1. The summed E-state index contributed by atoms with van der Waals surface area (Å²) in [7, 11) is -1.89. The van der Waals surface area contributed by atoms with E-state index < -0.39 is 10.0 Å². The molecular formula is C10H13Cl2NO2S. The zero-order chi connectivity index (χ0) is 12.3. The molecule has 0 saturated carbocycles. The molecule has 3 nitrogen and oxygen atoms in total. The lowest BCUT2D eigenvalue weighted by molar-refractivity contribution is 0.486. The molecule has 0 amide bonds. The second kappa shape index (κ2) is 5.36. The van der Waals surface area contributed by atoms with E-state index in [1.165, 1.54) is 23.5 Å². The fourth-order valence-electron chi connectivity index (χ4n) is 1.16. The van der Waals surface area contributed by atoms with Crippen LogP contribution in [0.1, 0.15) is 12.5 Å². The smallest absolute Gasteiger partial charge is 0.207 e. The van der Waals surface area contributed by atoms with E-state index in [9.17, 15) is 8.42 Å². The third-order valence-electron chi connectivity index (χ3n) is 2.31. The van der Waals surface area contributed by atoms with Crippen molar-refractivity contribution in [1.82, 2.24) is 4.31 Å². The predicted molar refractivity (Wildman–Crippen MR) is 66.5 cm³/mol. The number of hydrogen-bond acceptors (Lipinski definition) is 2. The molecular weight excluding hydrogens is 269 g/mol. The first-order chi connectivity index (χ1) is 7.43. The minimum Gasteiger partial charge on any atom is -0.207 e. The Morgan fingerprint density at radius 3 is 2.50 bits per heavy atom. The molecule has 0 aliphatic heterocycles. The van der Waals surface area contributed by atoms with E-state index in [1.54, 1.807) is 13.0 Å². The number of sulfonamides is 1. The summed E-state index contributed by atoms with van der Waals surface area (Å²) in [6.45, 7) is 2.19. The van der Waals surface area contributed by atoms with Gasteiger partial charge in [-0.2, -0.15) is 0 Å². The summed E-state index contributed by atoms with van der Waals surface area (Å²) in [5, 5.41) is 0.480. The summed E-state index contributed by atoms with van der Waals surface area (Å²) in [5.41, 5.74) is 0.619. The van der Waals surface area contributed by atoms with Gasteiger partial charge in [0.15, 0.2) is 0 Å². The van der Waals surface area contributed by atoms with Crippen LogP contribution in [0, 0.1) is 0 Å². The fourth-order valence-corrected chi connectivity index (χ4v) is 2.87. The molecule has 0 aromatic heterocycles. The number of nitrogens with zero attached hydrogens (tertiary/aromatic N) is 1. The van der Waals surface area contributed by atoms with Crippen LogP contribution in [0.5, 0.6) is 0 Å². The van der Waals surface area contributed by atoms with Gasteiger partial charge in [-0.05, 0) is 23.8 Å². The van der Waals surface area contributed by atoms with E-state index >= 15 is 0 Å². The monoisotopic (exact) mass is 281 g/mol. The van der Waals surface area contributed by atoms with Gasteiger partial charge in [-0.1, -0.05) is 18.5 Å². The summed E-state index contributed by atoms with van der Waals surface area (Å²) < 4.78 is 25.2. The van der Waals surface area contributed by atoms with Gasteiger partial charge in [-0.15, -0.1) is 11.6 Å². The second-order valence-electron chi connectivity index (χ2n) is 3.31. The Morgan fingerprint density at radius 2 is 2.00 bits per heavy atom. The summed E-state index contributed by atoms with van der Waals surface area (Å²) in [6, 6.07) is 4.55. The van der Waals surface area contributed by atoms with Gasteiger partial charge in [0.1, 0.15) is 0 Å². The topological polar surface area (TPSA) is 37.4 Å². The molecule has 0 atom stereocenters. The highest BCUT2D eigenvalue weighted by atomic mass is 35.5. The van der Waals surface area contributed by atoms with Crippen molar-refractivity contribution in [1.29, 1.82) is 0 Å². The second-order valence-corrected chi connectivity index (χ2v) is 6.03. The molecule has 1 aromatic carbocycles. The Balaban J connectivity index is 3.24. The maximum atomic E-state index is 12.0. The number of rotatable bonds is 4. The van der Waals surface area contributed by atoms with Crippen molar-refractivity contribution < 1.29 is 8.42 Å². The van der Waals surface area contributed by atoms with E-state index in [2.05, 4.69) is 0 Å². The highest BCUT2D eigenvalue weighted by molar-refractivity contribution is 7.89. The van der Waals surface area contributed by atoms with Crippen molar-refractivity contribution in [3.8, 4) is 0 Å². The molecule has 0 unspecified atom stereocenters. The molecule has 0 heterocycles. The average molecular weight is 282 g/mol. The van der Waals surface area contributed by atoms with Gasteiger partial charge in [-0.25, -0.2) is 12.7 Å². The minimum atomic E-state index is -3.42. The van der Waals surface area contributed by atoms with E-state index in [-0.39, 0.29) is 10.8 Å². The fraction of sp³-hybridized carbons (Fsp3) is 0.400. The van der Waals surface area contributed by atoms with E-state index in [0.717, 1.165) is 0 Å². The molecule has 0 bridgehead atoms. The number of hydrogen-bond donors (Lipinski definition) is 0. The van der Waals surface area contributed by atoms with E-state index in [1.807, 2.05) is 0 Å². The van der Waals surface area contributed by atoms with Crippen LogP contribution in [0.2, 0.25) is 5.02 Å². The Bertz CT molecular complexity index is 474. The van der Waals surface area contributed by atoms with E-state index in [0.29, 0.717) is 17.1 Å². The van der Waals surface area contributed by atoms with Crippen molar-refractivity contribution in [3.63, 3.8) is 0 Å². The van der Waals surface area contributed by atoms with Gasteiger partial charge in [0, 0.05) is 24.5 Å². The minimum absolute atomic E-state index is 0.192. The van der Waals surface area contributed by atoms with Crippen molar-refractivity contribution in [2.75, 3.05) is 13.6 Å². The van der Waals surface area contributed by atoms with Crippen LogP contribution in [-0.2, 0) is 15.9 Å². The van der Waals surface area contributed by atoms with Crippen LogP contribution in [0.25, 0.3) is 0 Å². The first-order valence-electron chi connectivity index (χ1n) is 4.74. The van der Waals surface area contributed by atoms with Crippen LogP contribution in [-0.4, -0.2) is 26.3 Å². The van der Waals surface area contributed by atoms with Gasteiger partial charge in [0.2, 0.25) is 10.0 Å². The lowest BCUT2D eigenvalue weighted by Gasteiger charge is -2.15. The maximum Gasteiger partial charge on any atom is 0.242 e. The Morgan fingerprint density at radius 1 is 1.38 bits per heavy atom. The molecule has 1 aromatic rings. The van der Waals surface area contributed by atoms with Gasteiger partial charge in [0.05, 0.1) is 4.90 Å². The predicted octanol–water partition coefficient (Wildman–Crippen LogP) is 2.72. The highest BCUT2D eigenvalue weighted by Crippen LogP contribution is 2.23. The van der Waals surface area contributed by atoms with Crippen LogP contribution in [0.4, 0.5) is 0 Å². The summed E-state index contributed by atoms with van der Waals surface area (Å²) in [6.07, 6.45) is 0. The van der Waals surface area contributed by atoms with Crippen molar-refractivity contribution in [3.05, 3.63) is 28.8 Å². The lowest BCUT2D eigenvalue weighted by Crippen LogP contribution is -2.26. The number of alkyl halides is 1. The van der Waals surface area contributed by atoms with Gasteiger partial charge in [0.25, 0.3) is 0 Å². The van der Waals surface area contributed by atoms with Crippen LogP contribution in [0.15, 0.2) is 23.1 Å². The third-order valence-corrected chi connectivity index (χ3v) is 4.90. The third kappa shape index (κ3) is 2.69. The summed E-state index contributed by atoms with van der Waals surface area (Å²) >= 11 is 11.5. The SMILES string of the molecule is CCN(C)S(=O)(=O)c1ccc(Cl)c(CCl)c1. The van der Waals surface area contributed by atoms with Crippen molar-refractivity contribution in [2.24, 2.45) is 0 Å². The summed E-state index contributed by atoms with van der Waals surface area (Å²) in [5.74, 6) is 0.192. The van der Waals surface area contributed by atoms with Gasteiger partial charge in [-0.3, -0.25) is 0 Å². The molecule has 90 valence electrons. The Kier molecular flexibility index (Phi) is 4.62. The lowest BCUT2D eigenvalue weighted by atomic mass is 10.2. The zero-order valence-corrected chi connectivity index (χ0v) is 11.4.